The van der Waals surface area contributed by atoms with E-state index in [0.717, 1.165) is 0 Å². The van der Waals surface area contributed by atoms with E-state index < -0.39 is 18.4 Å². The Bertz CT molecular complexity index is 891. The summed E-state index contributed by atoms with van der Waals surface area (Å²) < 4.78 is 15.1. The van der Waals surface area contributed by atoms with E-state index in [9.17, 15) is 19.5 Å². The van der Waals surface area contributed by atoms with E-state index in [1.807, 2.05) is 0 Å². The van der Waals surface area contributed by atoms with E-state index in [1.54, 1.807) is 6.07 Å². The van der Waals surface area contributed by atoms with Crippen LogP contribution in [-0.2, 0) is 9.53 Å². The number of amides is 1. The number of anilines is 1. The number of Topliss-reactive ketones (excluding diaryl/α,β-unsaturated/α-hetero) is 1. The Hall–Kier alpha value is -3.55. The Balaban J connectivity index is 1.66. The Labute approximate surface area is 148 Å². The molecule has 1 heterocycles. The standard InChI is InChI=1S/C18H15NO7/c1-24-11-3-4-12(14(20)7-11)18(23)26-8-15(21)10-2-5-16-13(6-10)19-17(22)9-25-16/h2-7,20H,8-9H2,1H3,(H,19,22). The number of esters is 1. The van der Waals surface area contributed by atoms with Crippen LogP contribution in [-0.4, -0.2) is 43.1 Å². The summed E-state index contributed by atoms with van der Waals surface area (Å²) in [6.07, 6.45) is 0. The molecule has 2 aromatic carbocycles. The van der Waals surface area contributed by atoms with E-state index in [-0.39, 0.29) is 29.4 Å². The molecule has 0 fully saturated rings. The van der Waals surface area contributed by atoms with Crippen molar-refractivity contribution in [1.82, 2.24) is 0 Å². The Morgan fingerprint density at radius 3 is 2.77 bits per heavy atom. The molecule has 2 aromatic rings. The van der Waals surface area contributed by atoms with Crippen molar-refractivity contribution in [3.05, 3.63) is 47.5 Å². The Kier molecular flexibility index (Phi) is 4.74. The maximum absolute atomic E-state index is 12.2. The van der Waals surface area contributed by atoms with Crippen LogP contribution in [0.25, 0.3) is 0 Å². The Morgan fingerprint density at radius 2 is 2.04 bits per heavy atom. The third kappa shape index (κ3) is 3.59. The zero-order valence-electron chi connectivity index (χ0n) is 13.8. The van der Waals surface area contributed by atoms with Crippen LogP contribution in [0.2, 0.25) is 0 Å². The molecule has 0 aromatic heterocycles. The average molecular weight is 357 g/mol. The van der Waals surface area contributed by atoms with Crippen LogP contribution in [0.4, 0.5) is 5.69 Å². The van der Waals surface area contributed by atoms with Crippen molar-refractivity contribution in [1.29, 1.82) is 0 Å². The molecule has 0 unspecified atom stereocenters. The lowest BCUT2D eigenvalue weighted by Crippen LogP contribution is -2.25. The number of ether oxygens (including phenoxy) is 3. The molecular formula is C18H15NO7. The highest BCUT2D eigenvalue weighted by molar-refractivity contribution is 6.02. The minimum atomic E-state index is -0.840. The van der Waals surface area contributed by atoms with Crippen LogP contribution in [0.1, 0.15) is 20.7 Å². The van der Waals surface area contributed by atoms with Gasteiger partial charge in [0.2, 0.25) is 0 Å². The first-order chi connectivity index (χ1) is 12.5. The van der Waals surface area contributed by atoms with E-state index in [1.165, 1.54) is 37.4 Å². The molecule has 0 aliphatic carbocycles. The van der Waals surface area contributed by atoms with E-state index >= 15 is 0 Å². The van der Waals surface area contributed by atoms with Crippen molar-refractivity contribution in [2.45, 2.75) is 0 Å². The molecule has 0 radical (unpaired) electrons. The number of carbonyl (C=O) groups is 3. The average Bonchev–Trinajstić information content (AvgIpc) is 2.64. The fourth-order valence-corrected chi connectivity index (χ4v) is 2.36. The zero-order chi connectivity index (χ0) is 18.7. The summed E-state index contributed by atoms with van der Waals surface area (Å²) in [6, 6.07) is 8.62. The first-order valence-corrected chi connectivity index (χ1v) is 7.62. The highest BCUT2D eigenvalue weighted by atomic mass is 16.5. The summed E-state index contributed by atoms with van der Waals surface area (Å²) in [6.45, 7) is -0.596. The number of fused-ring (bicyclic) bond motifs is 1. The number of ketones is 1. The number of phenolic OH excluding ortho intramolecular Hbond substituents is 1. The molecule has 8 nitrogen and oxygen atoms in total. The van der Waals surface area contributed by atoms with Crippen molar-refractivity contribution in [2.75, 3.05) is 25.6 Å². The minimum absolute atomic E-state index is 0.0790. The highest BCUT2D eigenvalue weighted by Crippen LogP contribution is 2.29. The number of hydrogen-bond acceptors (Lipinski definition) is 7. The van der Waals surface area contributed by atoms with E-state index in [2.05, 4.69) is 5.32 Å². The van der Waals surface area contributed by atoms with Gasteiger partial charge >= 0.3 is 5.97 Å². The summed E-state index contributed by atoms with van der Waals surface area (Å²) in [5, 5.41) is 12.4. The number of carbonyl (C=O) groups excluding carboxylic acids is 3. The van der Waals surface area contributed by atoms with Gasteiger partial charge in [-0.2, -0.15) is 0 Å². The molecule has 0 atom stereocenters. The number of phenols is 1. The second kappa shape index (κ2) is 7.14. The van der Waals surface area contributed by atoms with Gasteiger partial charge in [0, 0.05) is 11.6 Å². The van der Waals surface area contributed by atoms with Crippen molar-refractivity contribution in [3.8, 4) is 17.2 Å². The molecule has 0 spiro atoms. The summed E-state index contributed by atoms with van der Waals surface area (Å²) >= 11 is 0. The quantitative estimate of drug-likeness (QED) is 0.620. The van der Waals surface area contributed by atoms with Gasteiger partial charge in [-0.25, -0.2) is 4.79 Å². The molecule has 0 bridgehead atoms. The monoisotopic (exact) mass is 357 g/mol. The molecule has 0 saturated heterocycles. The number of nitrogens with one attached hydrogen (secondary N) is 1. The van der Waals surface area contributed by atoms with Crippen LogP contribution in [0.3, 0.4) is 0 Å². The van der Waals surface area contributed by atoms with Crippen LogP contribution in [0.5, 0.6) is 17.2 Å². The van der Waals surface area contributed by atoms with Gasteiger partial charge in [0.25, 0.3) is 5.91 Å². The lowest BCUT2D eigenvalue weighted by atomic mass is 10.1. The number of rotatable bonds is 5. The highest BCUT2D eigenvalue weighted by Gasteiger charge is 2.19. The number of aromatic hydroxyl groups is 1. The van der Waals surface area contributed by atoms with Crippen LogP contribution in [0.15, 0.2) is 36.4 Å². The van der Waals surface area contributed by atoms with Gasteiger partial charge in [-0.1, -0.05) is 0 Å². The summed E-state index contributed by atoms with van der Waals surface area (Å²) in [4.78, 5) is 35.6. The molecule has 0 saturated carbocycles. The first kappa shape index (κ1) is 17.3. The predicted molar refractivity (Wildman–Crippen MR) is 89.8 cm³/mol. The predicted octanol–water partition coefficient (Wildman–Crippen LogP) is 1.77. The third-order valence-electron chi connectivity index (χ3n) is 3.69. The van der Waals surface area contributed by atoms with Crippen LogP contribution in [0, 0.1) is 0 Å². The number of hydrogen-bond donors (Lipinski definition) is 2. The first-order valence-electron chi connectivity index (χ1n) is 7.62. The van der Waals surface area contributed by atoms with Crippen molar-refractivity contribution in [3.63, 3.8) is 0 Å². The topological polar surface area (TPSA) is 111 Å². The Morgan fingerprint density at radius 1 is 1.23 bits per heavy atom. The number of benzene rings is 2. The molecule has 134 valence electrons. The number of methoxy groups -OCH3 is 1. The lowest BCUT2D eigenvalue weighted by Gasteiger charge is -2.18. The van der Waals surface area contributed by atoms with Crippen LogP contribution >= 0.6 is 0 Å². The maximum Gasteiger partial charge on any atom is 0.342 e. The fourth-order valence-electron chi connectivity index (χ4n) is 2.36. The normalized spacial score (nSPS) is 12.4. The molecule has 3 rings (SSSR count). The molecular weight excluding hydrogens is 342 g/mol. The van der Waals surface area contributed by atoms with Crippen molar-refractivity contribution >= 4 is 23.3 Å². The molecule has 8 heteroatoms. The van der Waals surface area contributed by atoms with Gasteiger partial charge in [0.05, 0.1) is 12.8 Å². The summed E-state index contributed by atoms with van der Waals surface area (Å²) in [7, 11) is 1.43. The minimum Gasteiger partial charge on any atom is -0.507 e. The second-order valence-electron chi connectivity index (χ2n) is 5.43. The van der Waals surface area contributed by atoms with Crippen LogP contribution < -0.4 is 14.8 Å². The summed E-state index contributed by atoms with van der Waals surface area (Å²) in [5.41, 5.74) is 0.553. The fraction of sp³-hybridized carbons (Fsp3) is 0.167. The molecule has 1 aliphatic rings. The van der Waals surface area contributed by atoms with Crippen molar-refractivity contribution < 1.29 is 33.7 Å². The zero-order valence-corrected chi connectivity index (χ0v) is 13.8. The third-order valence-corrected chi connectivity index (χ3v) is 3.69. The van der Waals surface area contributed by atoms with Gasteiger partial charge in [-0.15, -0.1) is 0 Å². The smallest absolute Gasteiger partial charge is 0.342 e. The van der Waals surface area contributed by atoms with Gasteiger partial charge in [-0.05, 0) is 30.3 Å². The SMILES string of the molecule is COc1ccc(C(=O)OCC(=O)c2ccc3c(c2)NC(=O)CO3)c(O)c1. The molecule has 1 amide bonds. The molecule has 1 aliphatic heterocycles. The maximum atomic E-state index is 12.2. The van der Waals surface area contributed by atoms with Gasteiger partial charge < -0.3 is 24.6 Å². The molecule has 26 heavy (non-hydrogen) atoms. The summed E-state index contributed by atoms with van der Waals surface area (Å²) in [5.74, 6) is -1.09. The molecule has 2 N–H and O–H groups in total. The lowest BCUT2D eigenvalue weighted by molar-refractivity contribution is -0.118. The van der Waals surface area contributed by atoms with Gasteiger partial charge in [0.1, 0.15) is 22.8 Å². The second-order valence-corrected chi connectivity index (χ2v) is 5.43. The van der Waals surface area contributed by atoms with Crippen molar-refractivity contribution in [2.24, 2.45) is 0 Å². The van der Waals surface area contributed by atoms with Gasteiger partial charge in [0.15, 0.2) is 19.0 Å². The van der Waals surface area contributed by atoms with E-state index in [0.29, 0.717) is 17.2 Å². The van der Waals surface area contributed by atoms with E-state index in [4.69, 9.17) is 14.2 Å². The largest absolute Gasteiger partial charge is 0.507 e. The van der Waals surface area contributed by atoms with Gasteiger partial charge in [-0.3, -0.25) is 9.59 Å².